The van der Waals surface area contributed by atoms with Crippen molar-refractivity contribution in [3.05, 3.63) is 65.0 Å². The second kappa shape index (κ2) is 6.28. The van der Waals surface area contributed by atoms with Crippen LogP contribution in [-0.2, 0) is 13.5 Å². The fourth-order valence-corrected chi connectivity index (χ4v) is 4.83. The van der Waals surface area contributed by atoms with Crippen molar-refractivity contribution in [1.29, 1.82) is 0 Å². The normalized spacial score (nSPS) is 12.9. The monoisotopic (exact) mass is 400 g/mol. The second-order valence-corrected chi connectivity index (χ2v) is 9.81. The van der Waals surface area contributed by atoms with Gasteiger partial charge < -0.3 is 4.74 Å². The van der Waals surface area contributed by atoms with Crippen LogP contribution in [0.2, 0.25) is 0 Å². The van der Waals surface area contributed by atoms with Crippen molar-refractivity contribution in [3.8, 4) is 22.8 Å². The zero-order valence-electron chi connectivity index (χ0n) is 18.5. The van der Waals surface area contributed by atoms with Crippen LogP contribution >= 0.6 is 0 Å². The first-order valence-corrected chi connectivity index (χ1v) is 10.5. The molecule has 0 N–H and O–H groups in total. The van der Waals surface area contributed by atoms with Crippen LogP contribution in [-0.4, -0.2) is 0 Å². The van der Waals surface area contributed by atoms with Gasteiger partial charge in [0, 0.05) is 17.5 Å². The molecular formula is C27H27FNO+. The smallest absolute Gasteiger partial charge is 0.256 e. The van der Waals surface area contributed by atoms with Crippen molar-refractivity contribution < 1.29 is 13.7 Å². The molecule has 4 aromatic rings. The predicted molar refractivity (Wildman–Crippen MR) is 121 cm³/mol. The van der Waals surface area contributed by atoms with Gasteiger partial charge in [-0.25, -0.2) is 4.39 Å². The summed E-state index contributed by atoms with van der Waals surface area (Å²) in [6, 6.07) is 13.8. The number of nitrogens with zero attached hydrogens (tertiary/aromatic N) is 1. The van der Waals surface area contributed by atoms with Crippen LogP contribution < -0.4 is 9.30 Å². The number of fused-ring (bicyclic) bond motifs is 3. The zero-order chi connectivity index (χ0) is 21.4. The first-order valence-electron chi connectivity index (χ1n) is 10.5. The maximum Gasteiger partial charge on any atom is 0.256 e. The molecule has 30 heavy (non-hydrogen) atoms. The van der Waals surface area contributed by atoms with E-state index in [9.17, 15) is 4.39 Å². The van der Waals surface area contributed by atoms with Crippen molar-refractivity contribution in [2.75, 3.05) is 0 Å². The topological polar surface area (TPSA) is 13.1 Å². The maximum atomic E-state index is 14.6. The first-order chi connectivity index (χ1) is 14.1. The molecule has 0 bridgehead atoms. The summed E-state index contributed by atoms with van der Waals surface area (Å²) in [5, 5.41) is 2.93. The lowest BCUT2D eigenvalue weighted by Gasteiger charge is -2.24. The molecule has 0 saturated heterocycles. The Morgan fingerprint density at radius 3 is 2.50 bits per heavy atom. The van der Waals surface area contributed by atoms with E-state index < -0.39 is 0 Å². The van der Waals surface area contributed by atoms with E-state index in [4.69, 9.17) is 4.74 Å². The van der Waals surface area contributed by atoms with Crippen LogP contribution in [0.25, 0.3) is 32.9 Å². The summed E-state index contributed by atoms with van der Waals surface area (Å²) in [6.45, 7) is 11.1. The average molecular weight is 401 g/mol. The molecule has 152 valence electrons. The minimum atomic E-state index is -0.229. The molecule has 1 aliphatic heterocycles. The second-order valence-electron chi connectivity index (χ2n) is 9.81. The highest BCUT2D eigenvalue weighted by Crippen LogP contribution is 2.48. The average Bonchev–Trinajstić information content (AvgIpc) is 2.64. The minimum Gasteiger partial charge on any atom is -0.450 e. The molecule has 0 aliphatic carbocycles. The molecule has 0 saturated carbocycles. The van der Waals surface area contributed by atoms with Gasteiger partial charge >= 0.3 is 0 Å². The number of pyridine rings is 1. The third-order valence-electron chi connectivity index (χ3n) is 6.21. The lowest BCUT2D eigenvalue weighted by Crippen LogP contribution is -2.33. The van der Waals surface area contributed by atoms with E-state index in [0.717, 1.165) is 28.8 Å². The summed E-state index contributed by atoms with van der Waals surface area (Å²) in [6.07, 6.45) is 0.967. The van der Waals surface area contributed by atoms with Crippen molar-refractivity contribution in [2.24, 2.45) is 12.5 Å². The summed E-state index contributed by atoms with van der Waals surface area (Å²) < 4.78 is 23.1. The van der Waals surface area contributed by atoms with Crippen LogP contribution in [0.5, 0.6) is 11.5 Å². The number of benzene rings is 3. The van der Waals surface area contributed by atoms with E-state index in [1.165, 1.54) is 33.7 Å². The standard InChI is InChI=1S/C27H27FNO/c1-15-10-18-11-17(14-27(3,4)5)12-22-25(18)24(16(15)2)26-23(30-22)13-19-20(28)8-7-9-21(19)29(26)6/h7-13H,14H2,1-6H3/q+1. The van der Waals surface area contributed by atoms with Gasteiger partial charge in [0.1, 0.15) is 18.6 Å². The van der Waals surface area contributed by atoms with E-state index in [-0.39, 0.29) is 11.2 Å². The van der Waals surface area contributed by atoms with Gasteiger partial charge in [-0.2, -0.15) is 4.57 Å². The van der Waals surface area contributed by atoms with Crippen LogP contribution in [0.3, 0.4) is 0 Å². The Labute approximate surface area is 176 Å². The molecule has 2 nitrogen and oxygen atoms in total. The molecular weight excluding hydrogens is 373 g/mol. The van der Waals surface area contributed by atoms with Crippen molar-refractivity contribution in [3.63, 3.8) is 0 Å². The number of halogens is 1. The molecule has 0 spiro atoms. The van der Waals surface area contributed by atoms with Crippen LogP contribution in [0.4, 0.5) is 4.39 Å². The molecule has 1 aliphatic rings. The summed E-state index contributed by atoms with van der Waals surface area (Å²) in [5.41, 5.74) is 7.00. The van der Waals surface area contributed by atoms with Gasteiger partial charge in [-0.05, 0) is 59.9 Å². The van der Waals surface area contributed by atoms with Gasteiger partial charge in [-0.1, -0.05) is 39.0 Å². The summed E-state index contributed by atoms with van der Waals surface area (Å²) in [5.74, 6) is 1.35. The first kappa shape index (κ1) is 19.0. The Bertz CT molecular complexity index is 1360. The number of rotatable bonds is 1. The third kappa shape index (κ3) is 2.79. The molecule has 0 amide bonds. The van der Waals surface area contributed by atoms with E-state index >= 15 is 0 Å². The lowest BCUT2D eigenvalue weighted by atomic mass is 9.85. The van der Waals surface area contributed by atoms with Crippen molar-refractivity contribution >= 4 is 21.7 Å². The molecule has 0 unspecified atom stereocenters. The largest absolute Gasteiger partial charge is 0.450 e. The molecule has 3 aromatic carbocycles. The Hall–Kier alpha value is -2.94. The SMILES string of the molecule is Cc1cc2cc(CC(C)(C)C)cc3c2c(c1C)-c1c(cc2c(F)cccc2[n+]1C)O3. The molecule has 0 radical (unpaired) electrons. The molecule has 5 rings (SSSR count). The quantitative estimate of drug-likeness (QED) is 0.278. The zero-order valence-corrected chi connectivity index (χ0v) is 18.5. The fourth-order valence-electron chi connectivity index (χ4n) is 4.83. The Morgan fingerprint density at radius 2 is 1.77 bits per heavy atom. The maximum absolute atomic E-state index is 14.6. The van der Waals surface area contributed by atoms with Gasteiger partial charge in [0.05, 0.1) is 10.9 Å². The van der Waals surface area contributed by atoms with E-state index in [1.807, 2.05) is 19.2 Å². The number of ether oxygens (including phenoxy) is 1. The Balaban J connectivity index is 1.89. The highest BCUT2D eigenvalue weighted by molar-refractivity contribution is 6.05. The summed E-state index contributed by atoms with van der Waals surface area (Å²) in [4.78, 5) is 0. The molecule has 0 atom stereocenters. The minimum absolute atomic E-state index is 0.182. The number of hydrogen-bond acceptors (Lipinski definition) is 1. The number of hydrogen-bond donors (Lipinski definition) is 0. The van der Waals surface area contributed by atoms with E-state index in [2.05, 4.69) is 57.4 Å². The highest BCUT2D eigenvalue weighted by Gasteiger charge is 2.32. The Morgan fingerprint density at radius 1 is 1.00 bits per heavy atom. The third-order valence-corrected chi connectivity index (χ3v) is 6.21. The highest BCUT2D eigenvalue weighted by atomic mass is 19.1. The number of aromatic nitrogens is 1. The van der Waals surface area contributed by atoms with Crippen LogP contribution in [0.1, 0.15) is 37.5 Å². The van der Waals surface area contributed by atoms with Crippen LogP contribution in [0, 0.1) is 25.1 Å². The van der Waals surface area contributed by atoms with Crippen LogP contribution in [0.15, 0.2) is 42.5 Å². The van der Waals surface area contributed by atoms with Gasteiger partial charge in [-0.3, -0.25) is 0 Å². The molecule has 3 heteroatoms. The van der Waals surface area contributed by atoms with E-state index in [0.29, 0.717) is 11.1 Å². The van der Waals surface area contributed by atoms with Gasteiger partial charge in [0.25, 0.3) is 5.69 Å². The fraction of sp³-hybridized carbons (Fsp3) is 0.296. The van der Waals surface area contributed by atoms with Gasteiger partial charge in [0.15, 0.2) is 5.75 Å². The predicted octanol–water partition coefficient (Wildman–Crippen LogP) is 6.93. The molecule has 0 fully saturated rings. The van der Waals surface area contributed by atoms with Gasteiger partial charge in [0.2, 0.25) is 5.52 Å². The molecule has 1 aromatic heterocycles. The summed E-state index contributed by atoms with van der Waals surface area (Å²) in [7, 11) is 2.00. The number of aryl methyl sites for hydroxylation is 2. The summed E-state index contributed by atoms with van der Waals surface area (Å²) >= 11 is 0. The Kier molecular flexibility index (Phi) is 3.99. The molecule has 2 heterocycles. The van der Waals surface area contributed by atoms with Crippen molar-refractivity contribution in [1.82, 2.24) is 0 Å². The lowest BCUT2D eigenvalue weighted by molar-refractivity contribution is -0.633. The van der Waals surface area contributed by atoms with E-state index in [1.54, 1.807) is 6.07 Å². The van der Waals surface area contributed by atoms with Gasteiger partial charge in [-0.15, -0.1) is 0 Å². The van der Waals surface area contributed by atoms with Crippen molar-refractivity contribution in [2.45, 2.75) is 41.0 Å².